The molecule has 0 spiro atoms. The van der Waals surface area contributed by atoms with Gasteiger partial charge in [-0.05, 0) is 19.1 Å². The zero-order valence-electron chi connectivity index (χ0n) is 10.9. The minimum Gasteiger partial charge on any atom is -0.345 e. The van der Waals surface area contributed by atoms with Crippen molar-refractivity contribution >= 4 is 11.6 Å². The SMILES string of the molecule is Cc1[nH]c(C(C)(C)CN)nc1-c1ccc(Cl)cc1. The topological polar surface area (TPSA) is 54.7 Å². The van der Waals surface area contributed by atoms with Gasteiger partial charge in [0.05, 0.1) is 5.69 Å². The average molecular weight is 264 g/mol. The highest BCUT2D eigenvalue weighted by molar-refractivity contribution is 6.30. The number of rotatable bonds is 3. The first kappa shape index (κ1) is 13.1. The molecule has 18 heavy (non-hydrogen) atoms. The van der Waals surface area contributed by atoms with Crippen molar-refractivity contribution in [1.82, 2.24) is 9.97 Å². The lowest BCUT2D eigenvalue weighted by molar-refractivity contribution is 0.507. The summed E-state index contributed by atoms with van der Waals surface area (Å²) in [6.45, 7) is 6.74. The molecule has 0 bridgehead atoms. The summed E-state index contributed by atoms with van der Waals surface area (Å²) >= 11 is 5.89. The molecule has 0 aliphatic rings. The molecule has 0 unspecified atom stereocenters. The molecule has 3 N–H and O–H groups in total. The van der Waals surface area contributed by atoms with E-state index in [4.69, 9.17) is 17.3 Å². The number of imidazole rings is 1. The molecule has 0 saturated carbocycles. The number of aromatic amines is 1. The third-order valence-electron chi connectivity index (χ3n) is 3.15. The van der Waals surface area contributed by atoms with E-state index in [1.807, 2.05) is 31.2 Å². The van der Waals surface area contributed by atoms with Gasteiger partial charge in [-0.1, -0.05) is 37.6 Å². The van der Waals surface area contributed by atoms with Crippen molar-refractivity contribution in [3.63, 3.8) is 0 Å². The van der Waals surface area contributed by atoms with Gasteiger partial charge in [0.1, 0.15) is 5.82 Å². The van der Waals surface area contributed by atoms with Crippen LogP contribution >= 0.6 is 11.6 Å². The van der Waals surface area contributed by atoms with Crippen molar-refractivity contribution in [2.75, 3.05) is 6.54 Å². The Hall–Kier alpha value is -1.32. The number of aromatic nitrogens is 2. The van der Waals surface area contributed by atoms with E-state index in [2.05, 4.69) is 23.8 Å². The maximum Gasteiger partial charge on any atom is 0.113 e. The fourth-order valence-electron chi connectivity index (χ4n) is 1.77. The summed E-state index contributed by atoms with van der Waals surface area (Å²) in [6.07, 6.45) is 0. The molecule has 2 rings (SSSR count). The molecule has 0 radical (unpaired) electrons. The summed E-state index contributed by atoms with van der Waals surface area (Å²) in [5.41, 5.74) is 8.71. The molecule has 3 nitrogen and oxygen atoms in total. The van der Waals surface area contributed by atoms with Gasteiger partial charge in [0.15, 0.2) is 0 Å². The van der Waals surface area contributed by atoms with E-state index in [-0.39, 0.29) is 5.41 Å². The molecule has 0 fully saturated rings. The Morgan fingerprint density at radius 3 is 2.44 bits per heavy atom. The Labute approximate surface area is 112 Å². The molecule has 0 aliphatic carbocycles. The van der Waals surface area contributed by atoms with Crippen molar-refractivity contribution in [2.45, 2.75) is 26.2 Å². The van der Waals surface area contributed by atoms with Crippen LogP contribution in [0, 0.1) is 6.92 Å². The molecule has 96 valence electrons. The Morgan fingerprint density at radius 1 is 1.28 bits per heavy atom. The highest BCUT2D eigenvalue weighted by Crippen LogP contribution is 2.27. The molecule has 0 atom stereocenters. The highest BCUT2D eigenvalue weighted by atomic mass is 35.5. The molecule has 0 saturated heterocycles. The minimum absolute atomic E-state index is 0.143. The zero-order chi connectivity index (χ0) is 13.3. The van der Waals surface area contributed by atoms with Crippen molar-refractivity contribution in [2.24, 2.45) is 5.73 Å². The number of nitrogens with two attached hydrogens (primary N) is 1. The van der Waals surface area contributed by atoms with Gasteiger partial charge in [-0.15, -0.1) is 0 Å². The van der Waals surface area contributed by atoms with Crippen LogP contribution in [0.3, 0.4) is 0 Å². The summed E-state index contributed by atoms with van der Waals surface area (Å²) in [7, 11) is 0. The molecule has 1 aromatic heterocycles. The first-order chi connectivity index (χ1) is 8.44. The van der Waals surface area contributed by atoms with E-state index in [9.17, 15) is 0 Å². The Bertz CT molecular complexity index is 541. The largest absolute Gasteiger partial charge is 0.345 e. The number of benzene rings is 1. The van der Waals surface area contributed by atoms with E-state index < -0.39 is 0 Å². The molecule has 2 aromatic rings. The molecule has 1 aromatic carbocycles. The van der Waals surface area contributed by atoms with Crippen LogP contribution in [0.5, 0.6) is 0 Å². The lowest BCUT2D eigenvalue weighted by Crippen LogP contribution is -2.29. The van der Waals surface area contributed by atoms with Crippen LogP contribution in [0.15, 0.2) is 24.3 Å². The fraction of sp³-hybridized carbons (Fsp3) is 0.357. The normalized spacial score (nSPS) is 11.8. The highest BCUT2D eigenvalue weighted by Gasteiger charge is 2.23. The van der Waals surface area contributed by atoms with Crippen LogP contribution in [-0.2, 0) is 5.41 Å². The number of H-pyrrole nitrogens is 1. The second kappa shape index (κ2) is 4.75. The van der Waals surface area contributed by atoms with E-state index >= 15 is 0 Å². The van der Waals surface area contributed by atoms with Crippen LogP contribution < -0.4 is 5.73 Å². The van der Waals surface area contributed by atoms with Gasteiger partial charge in [-0.2, -0.15) is 0 Å². The van der Waals surface area contributed by atoms with E-state index in [1.165, 1.54) is 0 Å². The predicted molar refractivity (Wildman–Crippen MR) is 75.9 cm³/mol. The van der Waals surface area contributed by atoms with Crippen LogP contribution in [0.4, 0.5) is 0 Å². The first-order valence-electron chi connectivity index (χ1n) is 5.97. The van der Waals surface area contributed by atoms with Gasteiger partial charge in [-0.25, -0.2) is 4.98 Å². The average Bonchev–Trinajstić information content (AvgIpc) is 2.73. The molecular formula is C14H18ClN3. The quantitative estimate of drug-likeness (QED) is 0.893. The maximum absolute atomic E-state index is 5.89. The van der Waals surface area contributed by atoms with Crippen LogP contribution in [0.1, 0.15) is 25.4 Å². The molecule has 0 aliphatic heterocycles. The lowest BCUT2D eigenvalue weighted by Gasteiger charge is -2.18. The smallest absolute Gasteiger partial charge is 0.113 e. The third kappa shape index (κ3) is 2.42. The van der Waals surface area contributed by atoms with Crippen molar-refractivity contribution in [1.29, 1.82) is 0 Å². The number of nitrogens with one attached hydrogen (secondary N) is 1. The van der Waals surface area contributed by atoms with Gasteiger partial charge in [0.2, 0.25) is 0 Å². The number of hydrogen-bond acceptors (Lipinski definition) is 2. The Balaban J connectivity index is 2.44. The summed E-state index contributed by atoms with van der Waals surface area (Å²) in [6, 6.07) is 7.70. The molecule has 1 heterocycles. The number of hydrogen-bond donors (Lipinski definition) is 2. The van der Waals surface area contributed by atoms with Crippen LogP contribution in [-0.4, -0.2) is 16.5 Å². The monoisotopic (exact) mass is 263 g/mol. The Morgan fingerprint density at radius 2 is 1.89 bits per heavy atom. The van der Waals surface area contributed by atoms with Crippen molar-refractivity contribution < 1.29 is 0 Å². The number of halogens is 1. The first-order valence-corrected chi connectivity index (χ1v) is 6.35. The standard InChI is InChI=1S/C14H18ClN3/c1-9-12(10-4-6-11(15)7-5-10)18-13(17-9)14(2,3)8-16/h4-7H,8,16H2,1-3H3,(H,17,18). The number of nitrogens with zero attached hydrogens (tertiary/aromatic N) is 1. The second-order valence-electron chi connectivity index (χ2n) is 5.15. The maximum atomic E-state index is 5.89. The Kier molecular flexibility index (Phi) is 3.46. The van der Waals surface area contributed by atoms with E-state index in [0.29, 0.717) is 6.54 Å². The second-order valence-corrected chi connectivity index (χ2v) is 5.59. The van der Waals surface area contributed by atoms with Crippen LogP contribution in [0.25, 0.3) is 11.3 Å². The van der Waals surface area contributed by atoms with Gasteiger partial charge in [-0.3, -0.25) is 0 Å². The summed E-state index contributed by atoms with van der Waals surface area (Å²) in [5.74, 6) is 0.924. The molecular weight excluding hydrogens is 246 g/mol. The number of aryl methyl sites for hydroxylation is 1. The summed E-state index contributed by atoms with van der Waals surface area (Å²) in [5, 5.41) is 0.731. The predicted octanol–water partition coefficient (Wildman–Crippen LogP) is 3.27. The van der Waals surface area contributed by atoms with E-state index in [1.54, 1.807) is 0 Å². The van der Waals surface area contributed by atoms with Gasteiger partial charge in [0, 0.05) is 28.2 Å². The van der Waals surface area contributed by atoms with Gasteiger partial charge in [0.25, 0.3) is 0 Å². The summed E-state index contributed by atoms with van der Waals surface area (Å²) in [4.78, 5) is 8.00. The summed E-state index contributed by atoms with van der Waals surface area (Å²) < 4.78 is 0. The zero-order valence-corrected chi connectivity index (χ0v) is 11.7. The molecule has 0 amide bonds. The van der Waals surface area contributed by atoms with Gasteiger partial charge < -0.3 is 10.7 Å². The van der Waals surface area contributed by atoms with Crippen LogP contribution in [0.2, 0.25) is 5.02 Å². The van der Waals surface area contributed by atoms with E-state index in [0.717, 1.165) is 27.8 Å². The minimum atomic E-state index is -0.143. The lowest BCUT2D eigenvalue weighted by atomic mass is 9.93. The fourth-order valence-corrected chi connectivity index (χ4v) is 1.89. The van der Waals surface area contributed by atoms with Crippen molar-refractivity contribution in [3.05, 3.63) is 40.8 Å². The molecule has 4 heteroatoms. The van der Waals surface area contributed by atoms with Crippen molar-refractivity contribution in [3.8, 4) is 11.3 Å². The van der Waals surface area contributed by atoms with Gasteiger partial charge >= 0.3 is 0 Å². The third-order valence-corrected chi connectivity index (χ3v) is 3.41.